The van der Waals surface area contributed by atoms with Crippen molar-refractivity contribution in [1.82, 2.24) is 9.80 Å². The molecule has 0 unspecified atom stereocenters. The summed E-state index contributed by atoms with van der Waals surface area (Å²) in [5.41, 5.74) is 1.86. The number of hydrogen-bond acceptors (Lipinski definition) is 6. The van der Waals surface area contributed by atoms with Gasteiger partial charge in [0.2, 0.25) is 0 Å². The quantitative estimate of drug-likeness (QED) is 0.343. The normalized spacial score (nSPS) is 17.5. The maximum absolute atomic E-state index is 13.6. The van der Waals surface area contributed by atoms with Gasteiger partial charge in [0.1, 0.15) is 8.64 Å². The summed E-state index contributed by atoms with van der Waals surface area (Å²) >= 11 is 14.1. The molecule has 5 rings (SSSR count). The zero-order chi connectivity index (χ0) is 22.2. The van der Waals surface area contributed by atoms with E-state index in [4.69, 9.17) is 24.4 Å². The summed E-state index contributed by atoms with van der Waals surface area (Å²) in [6, 6.07) is 11.0. The van der Waals surface area contributed by atoms with E-state index < -0.39 is 0 Å². The average molecular weight is 499 g/mol. The van der Waals surface area contributed by atoms with Crippen molar-refractivity contribution in [3.8, 4) is 0 Å². The predicted octanol–water partition coefficient (Wildman–Crippen LogP) is 5.41. The fourth-order valence-electron chi connectivity index (χ4n) is 4.47. The van der Waals surface area contributed by atoms with Crippen LogP contribution in [0.5, 0.6) is 0 Å². The number of benzene rings is 2. The lowest BCUT2D eigenvalue weighted by Gasteiger charge is -2.24. The summed E-state index contributed by atoms with van der Waals surface area (Å²) < 4.78 is 1.53. The van der Waals surface area contributed by atoms with Crippen LogP contribution in [0.15, 0.2) is 46.2 Å². The van der Waals surface area contributed by atoms with Crippen LogP contribution in [0, 0.1) is 0 Å². The summed E-state index contributed by atoms with van der Waals surface area (Å²) in [4.78, 5) is 33.1. The molecule has 32 heavy (non-hydrogen) atoms. The van der Waals surface area contributed by atoms with E-state index in [0.717, 1.165) is 70.3 Å². The highest BCUT2D eigenvalue weighted by Gasteiger charge is 2.34. The van der Waals surface area contributed by atoms with Gasteiger partial charge < -0.3 is 9.80 Å². The topological polar surface area (TPSA) is 40.6 Å². The van der Waals surface area contributed by atoms with E-state index in [9.17, 15) is 9.59 Å². The van der Waals surface area contributed by atoms with Crippen LogP contribution < -0.4 is 0 Å². The molecule has 8 heteroatoms. The van der Waals surface area contributed by atoms with E-state index in [1.165, 1.54) is 23.5 Å². The summed E-state index contributed by atoms with van der Waals surface area (Å²) in [6.07, 6.45) is 4.55. The Morgan fingerprint density at radius 3 is 1.41 bits per heavy atom. The number of hydrogen-bond donors (Lipinski definition) is 0. The van der Waals surface area contributed by atoms with E-state index in [0.29, 0.717) is 22.3 Å². The Labute approximate surface area is 207 Å². The minimum atomic E-state index is -0.114. The molecule has 4 nitrogen and oxygen atoms in total. The molecule has 0 spiro atoms. The average Bonchev–Trinajstić information content (AvgIpc) is 3.52. The number of carbonyl (C=O) groups is 2. The Hall–Kier alpha value is -1.74. The first-order chi connectivity index (χ1) is 15.5. The van der Waals surface area contributed by atoms with Crippen LogP contribution in [0.1, 0.15) is 57.5 Å². The molecule has 1 aliphatic carbocycles. The first-order valence-corrected chi connectivity index (χ1v) is 13.3. The van der Waals surface area contributed by atoms with Crippen molar-refractivity contribution in [3.05, 3.63) is 58.7 Å². The third kappa shape index (κ3) is 4.02. The Balaban J connectivity index is 1.48. The fourth-order valence-corrected chi connectivity index (χ4v) is 7.27. The van der Waals surface area contributed by atoms with Gasteiger partial charge in [-0.15, -0.1) is 0 Å². The molecule has 0 saturated carbocycles. The van der Waals surface area contributed by atoms with Crippen LogP contribution in [0.3, 0.4) is 0 Å². The van der Waals surface area contributed by atoms with Crippen LogP contribution in [0.4, 0.5) is 0 Å². The van der Waals surface area contributed by atoms with E-state index in [1.807, 2.05) is 24.3 Å². The van der Waals surface area contributed by atoms with Crippen LogP contribution >= 0.6 is 48.0 Å². The second-order valence-corrected chi connectivity index (χ2v) is 11.5. The molecule has 2 saturated heterocycles. The van der Waals surface area contributed by atoms with Gasteiger partial charge in [-0.05, 0) is 37.8 Å². The number of nitrogens with zero attached hydrogens (tertiary/aromatic N) is 2. The van der Waals surface area contributed by atoms with Crippen LogP contribution in [-0.4, -0.2) is 56.2 Å². The molecular formula is C24H22N2O2S4. The van der Waals surface area contributed by atoms with E-state index in [1.54, 1.807) is 12.1 Å². The van der Waals surface area contributed by atoms with E-state index in [-0.39, 0.29) is 11.6 Å². The van der Waals surface area contributed by atoms with E-state index in [2.05, 4.69) is 9.80 Å². The minimum Gasteiger partial charge on any atom is -0.357 e. The van der Waals surface area contributed by atoms with Crippen molar-refractivity contribution in [1.29, 1.82) is 0 Å². The lowest BCUT2D eigenvalue weighted by atomic mass is 9.84. The van der Waals surface area contributed by atoms with Gasteiger partial charge in [0, 0.05) is 58.2 Å². The highest BCUT2D eigenvalue weighted by Crippen LogP contribution is 2.39. The van der Waals surface area contributed by atoms with E-state index >= 15 is 0 Å². The zero-order valence-corrected chi connectivity index (χ0v) is 20.7. The molecule has 3 aliphatic rings. The van der Waals surface area contributed by atoms with Gasteiger partial charge in [-0.2, -0.15) is 0 Å². The highest BCUT2D eigenvalue weighted by atomic mass is 32.2. The fraction of sp³-hybridized carbons (Fsp3) is 0.333. The third-order valence-corrected chi connectivity index (χ3v) is 9.12. The zero-order valence-electron chi connectivity index (χ0n) is 17.5. The van der Waals surface area contributed by atoms with Crippen LogP contribution in [-0.2, 0) is 0 Å². The predicted molar refractivity (Wildman–Crippen MR) is 138 cm³/mol. The largest absolute Gasteiger partial charge is 0.357 e. The highest BCUT2D eigenvalue weighted by molar-refractivity contribution is 8.23. The van der Waals surface area contributed by atoms with Gasteiger partial charge >= 0.3 is 0 Å². The maximum atomic E-state index is 13.6. The minimum absolute atomic E-state index is 0.114. The lowest BCUT2D eigenvalue weighted by molar-refractivity contribution is 0.0974. The number of ketones is 2. The molecule has 0 N–H and O–H groups in total. The summed E-state index contributed by atoms with van der Waals surface area (Å²) in [5.74, 6) is -0.229. The van der Waals surface area contributed by atoms with Crippen molar-refractivity contribution in [2.24, 2.45) is 0 Å². The summed E-state index contributed by atoms with van der Waals surface area (Å²) in [7, 11) is 0. The monoisotopic (exact) mass is 498 g/mol. The van der Waals surface area contributed by atoms with Gasteiger partial charge in [0.05, 0.1) is 0 Å². The number of rotatable bonds is 2. The second kappa shape index (κ2) is 9.25. The SMILES string of the molecule is O=C1c2cccc(SC(=S)N3CCCC3)c2C(=O)c2cccc(SC(=S)N3CCCC3)c21. The van der Waals surface area contributed by atoms with Gasteiger partial charge in [-0.3, -0.25) is 9.59 Å². The Kier molecular flexibility index (Phi) is 6.38. The number of fused-ring (bicyclic) bond motifs is 2. The number of thioether (sulfide) groups is 2. The number of carbonyl (C=O) groups excluding carboxylic acids is 2. The molecule has 2 aromatic rings. The molecule has 2 fully saturated rings. The second-order valence-electron chi connectivity index (χ2n) is 8.14. The lowest BCUT2D eigenvalue weighted by Crippen LogP contribution is -2.26. The van der Waals surface area contributed by atoms with Crippen molar-refractivity contribution < 1.29 is 9.59 Å². The maximum Gasteiger partial charge on any atom is 0.195 e. The Bertz CT molecular complexity index is 1050. The number of thiocarbonyl (C=S) groups is 2. The molecule has 2 aliphatic heterocycles. The van der Waals surface area contributed by atoms with Crippen molar-refractivity contribution in [3.63, 3.8) is 0 Å². The molecule has 0 atom stereocenters. The molecular weight excluding hydrogens is 477 g/mol. The molecule has 0 bridgehead atoms. The van der Waals surface area contributed by atoms with Crippen molar-refractivity contribution in [2.75, 3.05) is 26.2 Å². The molecule has 0 aromatic heterocycles. The molecule has 0 amide bonds. The Morgan fingerprint density at radius 1 is 0.656 bits per heavy atom. The van der Waals surface area contributed by atoms with Gasteiger partial charge in [-0.1, -0.05) is 72.2 Å². The summed E-state index contributed by atoms with van der Waals surface area (Å²) in [5, 5.41) is 0. The van der Waals surface area contributed by atoms with Gasteiger partial charge in [0.25, 0.3) is 0 Å². The summed E-state index contributed by atoms with van der Waals surface area (Å²) in [6.45, 7) is 3.81. The molecule has 0 radical (unpaired) electrons. The van der Waals surface area contributed by atoms with Crippen molar-refractivity contribution in [2.45, 2.75) is 35.5 Å². The van der Waals surface area contributed by atoms with Crippen molar-refractivity contribution >= 4 is 68.2 Å². The van der Waals surface area contributed by atoms with Crippen LogP contribution in [0.25, 0.3) is 0 Å². The first kappa shape index (κ1) is 22.1. The third-order valence-electron chi connectivity index (χ3n) is 6.12. The van der Waals surface area contributed by atoms with Gasteiger partial charge in [0.15, 0.2) is 11.6 Å². The first-order valence-electron chi connectivity index (χ1n) is 10.8. The molecule has 164 valence electrons. The van der Waals surface area contributed by atoms with Crippen LogP contribution in [0.2, 0.25) is 0 Å². The standard InChI is InChI=1S/C24H22N2O2S4/c27-21-16-8-6-10-18(32-24(30)26-13-3-4-14-26)20(16)22(28)15-7-5-9-17(19(15)21)31-23(29)25-11-1-2-12-25/h5-10H,1-4,11-14H2. The Morgan fingerprint density at radius 2 is 1.03 bits per heavy atom. The van der Waals surface area contributed by atoms with Gasteiger partial charge in [-0.25, -0.2) is 0 Å². The molecule has 2 aromatic carbocycles. The molecule has 2 heterocycles. The number of likely N-dealkylation sites (tertiary alicyclic amines) is 2. The smallest absolute Gasteiger partial charge is 0.195 e.